The van der Waals surface area contributed by atoms with Crippen molar-refractivity contribution in [3.8, 4) is 17.2 Å². The molecule has 3 heterocycles. The summed E-state index contributed by atoms with van der Waals surface area (Å²) in [6.07, 6.45) is 3.24. The van der Waals surface area contributed by atoms with Crippen LogP contribution in [0.25, 0.3) is 16.6 Å². The first kappa shape index (κ1) is 29.4. The monoisotopic (exact) mass is 579 g/mol. The van der Waals surface area contributed by atoms with Crippen LogP contribution in [-0.2, 0) is 4.74 Å². The van der Waals surface area contributed by atoms with Crippen LogP contribution in [0.4, 0.5) is 14.9 Å². The van der Waals surface area contributed by atoms with Crippen LogP contribution in [-0.4, -0.2) is 73.4 Å². The van der Waals surface area contributed by atoms with Gasteiger partial charge in [-0.1, -0.05) is 12.1 Å². The van der Waals surface area contributed by atoms with Crippen molar-refractivity contribution < 1.29 is 23.5 Å². The number of ether oxygens (including phenoxy) is 2. The number of carbonyl (C=O) groups is 2. The number of benzene rings is 2. The molecule has 3 aromatic rings. The van der Waals surface area contributed by atoms with Crippen molar-refractivity contribution in [2.45, 2.75) is 51.7 Å². The van der Waals surface area contributed by atoms with Gasteiger partial charge in [0.15, 0.2) is 17.3 Å². The van der Waals surface area contributed by atoms with Gasteiger partial charge in [-0.05, 0) is 78.9 Å². The van der Waals surface area contributed by atoms with Crippen LogP contribution in [0.2, 0.25) is 0 Å². The van der Waals surface area contributed by atoms with E-state index in [4.69, 9.17) is 9.47 Å². The van der Waals surface area contributed by atoms with Crippen LogP contribution >= 0.6 is 0 Å². The van der Waals surface area contributed by atoms with Gasteiger partial charge in [0.1, 0.15) is 22.4 Å². The molecule has 10 nitrogen and oxygen atoms in total. The molecule has 0 radical (unpaired) electrons. The molecule has 1 atom stereocenters. The van der Waals surface area contributed by atoms with E-state index in [1.165, 1.54) is 12.3 Å². The average molecular weight is 580 g/mol. The van der Waals surface area contributed by atoms with Gasteiger partial charge in [0.25, 0.3) is 5.91 Å². The number of fused-ring (bicyclic) bond motifs is 2. The van der Waals surface area contributed by atoms with Crippen molar-refractivity contribution in [2.75, 3.05) is 45.2 Å². The molecule has 2 amide bonds. The van der Waals surface area contributed by atoms with E-state index in [9.17, 15) is 14.4 Å². The normalized spacial score (nSPS) is 15.9. The fourth-order valence-electron chi connectivity index (χ4n) is 5.42. The molecule has 1 unspecified atom stereocenters. The topological polar surface area (TPSA) is 105 Å². The van der Waals surface area contributed by atoms with E-state index in [1.807, 2.05) is 31.1 Å². The molecule has 1 aromatic heterocycles. The molecule has 2 aliphatic rings. The lowest BCUT2D eigenvalue weighted by Gasteiger charge is -2.29. The first-order chi connectivity index (χ1) is 19.9. The summed E-state index contributed by atoms with van der Waals surface area (Å²) in [7, 11) is 3.98. The second-order valence-corrected chi connectivity index (χ2v) is 12.1. The lowest BCUT2D eigenvalue weighted by atomic mass is 10.1. The number of anilines is 1. The Morgan fingerprint density at radius 2 is 1.95 bits per heavy atom. The summed E-state index contributed by atoms with van der Waals surface area (Å²) in [5.74, 6) is -0.463. The molecule has 2 aromatic carbocycles. The Morgan fingerprint density at radius 1 is 1.19 bits per heavy atom. The fourth-order valence-corrected chi connectivity index (χ4v) is 5.42. The second-order valence-electron chi connectivity index (χ2n) is 12.1. The fraction of sp³-hybridized carbons (Fsp3) is 0.452. The molecule has 0 saturated carbocycles. The molecule has 2 N–H and O–H groups in total. The van der Waals surface area contributed by atoms with Gasteiger partial charge in [-0.3, -0.25) is 9.59 Å². The van der Waals surface area contributed by atoms with E-state index in [2.05, 4.69) is 15.5 Å². The Labute approximate surface area is 244 Å². The molecule has 0 aliphatic carbocycles. The number of nitrogens with one attached hydrogen (secondary N) is 2. The summed E-state index contributed by atoms with van der Waals surface area (Å²) in [5.41, 5.74) is -0.0271. The Balaban J connectivity index is 1.49. The summed E-state index contributed by atoms with van der Waals surface area (Å²) >= 11 is 0. The predicted molar refractivity (Wildman–Crippen MR) is 160 cm³/mol. The smallest absolute Gasteiger partial charge is 0.407 e. The number of rotatable bonds is 8. The average Bonchev–Trinajstić information content (AvgIpc) is 3.35. The van der Waals surface area contributed by atoms with Crippen molar-refractivity contribution in [3.63, 3.8) is 0 Å². The zero-order valence-electron chi connectivity index (χ0n) is 24.8. The first-order valence-corrected chi connectivity index (χ1v) is 14.3. The Hall–Kier alpha value is -4.12. The molecule has 1 saturated heterocycles. The number of pyridine rings is 1. The van der Waals surface area contributed by atoms with Gasteiger partial charge in [-0.25, -0.2) is 9.18 Å². The third kappa shape index (κ3) is 6.06. The maximum atomic E-state index is 15.9. The highest BCUT2D eigenvalue weighted by Crippen LogP contribution is 2.47. The van der Waals surface area contributed by atoms with E-state index >= 15 is 4.39 Å². The maximum absolute atomic E-state index is 15.9. The summed E-state index contributed by atoms with van der Waals surface area (Å²) in [5, 5.41) is 5.76. The summed E-state index contributed by atoms with van der Waals surface area (Å²) < 4.78 is 29.3. The van der Waals surface area contributed by atoms with Gasteiger partial charge in [0.05, 0.1) is 17.1 Å². The minimum atomic E-state index is -0.639. The largest absolute Gasteiger partial charge is 0.451 e. The highest BCUT2D eigenvalue weighted by Gasteiger charge is 2.34. The Kier molecular flexibility index (Phi) is 8.14. The molecule has 42 heavy (non-hydrogen) atoms. The number of carbonyl (C=O) groups excluding carboxylic acids is 2. The van der Waals surface area contributed by atoms with Crippen molar-refractivity contribution in [1.29, 1.82) is 0 Å². The predicted octanol–water partition coefficient (Wildman–Crippen LogP) is 4.41. The number of hydrogen-bond acceptors (Lipinski definition) is 7. The number of unbranched alkanes of at least 4 members (excludes halogenated alkanes) is 1. The number of amides is 2. The van der Waals surface area contributed by atoms with Crippen LogP contribution < -0.4 is 25.7 Å². The highest BCUT2D eigenvalue weighted by molar-refractivity contribution is 6.01. The molecule has 2 aliphatic heterocycles. The van der Waals surface area contributed by atoms with E-state index in [-0.39, 0.29) is 28.4 Å². The van der Waals surface area contributed by atoms with Crippen molar-refractivity contribution in [1.82, 2.24) is 20.1 Å². The van der Waals surface area contributed by atoms with E-state index in [1.54, 1.807) is 37.5 Å². The molecule has 0 spiro atoms. The quantitative estimate of drug-likeness (QED) is 0.298. The van der Waals surface area contributed by atoms with Gasteiger partial charge in [-0.2, -0.15) is 0 Å². The van der Waals surface area contributed by atoms with Crippen LogP contribution in [0, 0.1) is 5.82 Å². The van der Waals surface area contributed by atoms with Gasteiger partial charge in [0, 0.05) is 25.8 Å². The molecule has 224 valence electrons. The first-order valence-electron chi connectivity index (χ1n) is 14.3. The molecule has 0 bridgehead atoms. The van der Waals surface area contributed by atoms with Crippen LogP contribution in [0.15, 0.2) is 41.3 Å². The zero-order valence-corrected chi connectivity index (χ0v) is 24.8. The molecular weight excluding hydrogens is 541 g/mol. The molecule has 11 heteroatoms. The summed E-state index contributed by atoms with van der Waals surface area (Å²) in [4.78, 5) is 43.0. The lowest BCUT2D eigenvalue weighted by Crippen LogP contribution is -2.40. The van der Waals surface area contributed by atoms with Crippen LogP contribution in [0.3, 0.4) is 0 Å². The summed E-state index contributed by atoms with van der Waals surface area (Å²) in [6, 6.07) is 8.15. The van der Waals surface area contributed by atoms with Gasteiger partial charge >= 0.3 is 6.09 Å². The molecular formula is C31H38FN5O5. The standard InChI is InChI=1S/C31H38FN5O5/c1-31(2,3)42-30(40)34-19-12-15-36(17-19)26-22(32)16-20-25-28(26)41-24-11-7-6-10-23(24)37(25)18-21(27(20)38)29(39)33-13-8-9-14-35(4)5/h6-7,10-11,16,18-19H,8-9,12-15,17H2,1-5H3,(H,33,39)(H,34,40). The minimum Gasteiger partial charge on any atom is -0.451 e. The van der Waals surface area contributed by atoms with E-state index in [0.717, 1.165) is 19.4 Å². The Bertz CT molecular complexity index is 1580. The third-order valence-corrected chi connectivity index (χ3v) is 7.30. The van der Waals surface area contributed by atoms with Gasteiger partial charge < -0.3 is 34.5 Å². The van der Waals surface area contributed by atoms with Crippen molar-refractivity contribution in [2.24, 2.45) is 0 Å². The molecule has 1 fully saturated rings. The number of para-hydroxylation sites is 2. The number of nitrogens with zero attached hydrogens (tertiary/aromatic N) is 3. The maximum Gasteiger partial charge on any atom is 0.407 e. The Morgan fingerprint density at radius 3 is 2.69 bits per heavy atom. The lowest BCUT2D eigenvalue weighted by molar-refractivity contribution is 0.0508. The minimum absolute atomic E-state index is 0.0589. The summed E-state index contributed by atoms with van der Waals surface area (Å²) in [6.45, 7) is 7.49. The van der Waals surface area contributed by atoms with Crippen molar-refractivity contribution >= 4 is 28.6 Å². The molecule has 5 rings (SSSR count). The number of alkyl carbamates (subject to hydrolysis) is 1. The van der Waals surface area contributed by atoms with Gasteiger partial charge in [-0.15, -0.1) is 0 Å². The second kappa shape index (κ2) is 11.6. The van der Waals surface area contributed by atoms with Crippen LogP contribution in [0.5, 0.6) is 11.5 Å². The number of halogens is 1. The third-order valence-electron chi connectivity index (χ3n) is 7.30. The van der Waals surface area contributed by atoms with Crippen molar-refractivity contribution in [3.05, 3.63) is 58.1 Å². The number of aromatic nitrogens is 1. The van der Waals surface area contributed by atoms with Gasteiger partial charge in [0.2, 0.25) is 5.43 Å². The van der Waals surface area contributed by atoms with E-state index in [0.29, 0.717) is 43.0 Å². The van der Waals surface area contributed by atoms with Crippen LogP contribution in [0.1, 0.15) is 50.4 Å². The highest BCUT2D eigenvalue weighted by atomic mass is 19.1. The number of hydrogen-bond donors (Lipinski definition) is 2. The SMILES string of the molecule is CN(C)CCCCNC(=O)c1cn2c3c(c(N4CCC(NC(=O)OC(C)(C)C)C4)c(F)cc3c1=O)Oc1ccccc1-2. The zero-order chi connectivity index (χ0) is 30.2. The van der Waals surface area contributed by atoms with E-state index < -0.39 is 28.8 Å².